The summed E-state index contributed by atoms with van der Waals surface area (Å²) in [6.45, 7) is 5.61. The normalized spacial score (nSPS) is 12.5. The third-order valence-corrected chi connectivity index (χ3v) is 7.50. The van der Waals surface area contributed by atoms with Crippen LogP contribution in [0.4, 0.5) is 0 Å². The number of thiophene rings is 2. The van der Waals surface area contributed by atoms with Crippen molar-refractivity contribution in [1.29, 1.82) is 0 Å². The van der Waals surface area contributed by atoms with E-state index in [-0.39, 0.29) is 17.5 Å². The minimum Gasteiger partial charge on any atom is -0.391 e. The van der Waals surface area contributed by atoms with E-state index in [2.05, 4.69) is 0 Å². The molecule has 0 aromatic carbocycles. The van der Waals surface area contributed by atoms with Gasteiger partial charge in [-0.25, -0.2) is 8.42 Å². The van der Waals surface area contributed by atoms with Gasteiger partial charge in [0.25, 0.3) is 0 Å². The van der Waals surface area contributed by atoms with Crippen LogP contribution in [0.2, 0.25) is 0 Å². The van der Waals surface area contributed by atoms with Gasteiger partial charge in [-0.1, -0.05) is 6.07 Å². The van der Waals surface area contributed by atoms with Crippen LogP contribution in [0.1, 0.15) is 29.2 Å². The van der Waals surface area contributed by atoms with Crippen molar-refractivity contribution in [3.05, 3.63) is 38.2 Å². The molecule has 0 radical (unpaired) electrons. The minimum absolute atomic E-state index is 0.150. The van der Waals surface area contributed by atoms with E-state index in [1.54, 1.807) is 23.6 Å². The lowest BCUT2D eigenvalue weighted by Crippen LogP contribution is -2.36. The van der Waals surface area contributed by atoms with Crippen molar-refractivity contribution >= 4 is 32.7 Å². The molecular weight excluding hydrogens is 326 g/mol. The predicted octanol–water partition coefficient (Wildman–Crippen LogP) is 3.21. The van der Waals surface area contributed by atoms with E-state index in [9.17, 15) is 13.5 Å². The van der Waals surface area contributed by atoms with Gasteiger partial charge in [-0.2, -0.15) is 4.31 Å². The maximum Gasteiger partial charge on any atom is 0.245 e. The monoisotopic (exact) mass is 345 g/mol. The minimum atomic E-state index is -3.62. The average molecular weight is 346 g/mol. The second-order valence-electron chi connectivity index (χ2n) is 5.05. The van der Waals surface area contributed by atoms with Crippen molar-refractivity contribution in [1.82, 2.24) is 4.31 Å². The van der Waals surface area contributed by atoms with Crippen molar-refractivity contribution in [3.63, 3.8) is 0 Å². The van der Waals surface area contributed by atoms with Gasteiger partial charge in [-0.3, -0.25) is 0 Å². The zero-order chi connectivity index (χ0) is 15.6. The van der Waals surface area contributed by atoms with Crippen LogP contribution in [0.15, 0.2) is 27.8 Å². The van der Waals surface area contributed by atoms with Crippen molar-refractivity contribution in [2.24, 2.45) is 0 Å². The third-order valence-electron chi connectivity index (χ3n) is 3.17. The van der Waals surface area contributed by atoms with Crippen LogP contribution in [0, 0.1) is 6.92 Å². The molecule has 2 heterocycles. The lowest BCUT2D eigenvalue weighted by atomic mass is 10.3. The molecule has 0 saturated carbocycles. The van der Waals surface area contributed by atoms with Gasteiger partial charge in [-0.05, 0) is 43.2 Å². The molecule has 0 atom stereocenters. The summed E-state index contributed by atoms with van der Waals surface area (Å²) in [7, 11) is -3.62. The van der Waals surface area contributed by atoms with Crippen molar-refractivity contribution in [2.75, 3.05) is 0 Å². The highest BCUT2D eigenvalue weighted by Gasteiger charge is 2.31. The number of hydrogen-bond acceptors (Lipinski definition) is 5. The van der Waals surface area contributed by atoms with Crippen LogP contribution in [-0.2, 0) is 23.2 Å². The van der Waals surface area contributed by atoms with Crippen molar-refractivity contribution < 1.29 is 13.5 Å². The van der Waals surface area contributed by atoms with Crippen LogP contribution >= 0.6 is 22.7 Å². The van der Waals surface area contributed by atoms with E-state index in [1.807, 2.05) is 31.4 Å². The predicted molar refractivity (Wildman–Crippen MR) is 87.2 cm³/mol. The molecule has 0 saturated heterocycles. The van der Waals surface area contributed by atoms with E-state index in [0.29, 0.717) is 17.0 Å². The fourth-order valence-electron chi connectivity index (χ4n) is 2.16. The van der Waals surface area contributed by atoms with Gasteiger partial charge in [0, 0.05) is 17.5 Å². The van der Waals surface area contributed by atoms with E-state index in [1.165, 1.54) is 15.6 Å². The largest absolute Gasteiger partial charge is 0.391 e. The SMILES string of the molecule is Cc1csc(CO)c1S(=O)(=O)N(Cc1cccs1)C(C)C. The molecule has 116 valence electrons. The first-order valence-corrected chi connectivity index (χ1v) is 9.80. The Kier molecular flexibility index (Phi) is 5.21. The van der Waals surface area contributed by atoms with Crippen molar-refractivity contribution in [2.45, 2.75) is 44.9 Å². The molecular formula is C14H19NO3S3. The molecule has 2 aromatic rings. The van der Waals surface area contributed by atoms with Crippen LogP contribution in [0.5, 0.6) is 0 Å². The number of aryl methyl sites for hydroxylation is 1. The summed E-state index contributed by atoms with van der Waals surface area (Å²) in [5, 5.41) is 13.1. The molecule has 21 heavy (non-hydrogen) atoms. The van der Waals surface area contributed by atoms with E-state index >= 15 is 0 Å². The Labute approximate surface area is 133 Å². The van der Waals surface area contributed by atoms with E-state index < -0.39 is 10.0 Å². The molecule has 0 aliphatic rings. The number of sulfonamides is 1. The Hall–Kier alpha value is -0.730. The lowest BCUT2D eigenvalue weighted by Gasteiger charge is -2.26. The number of rotatable bonds is 6. The Morgan fingerprint density at radius 3 is 2.57 bits per heavy atom. The van der Waals surface area contributed by atoms with Gasteiger partial charge >= 0.3 is 0 Å². The number of aliphatic hydroxyl groups is 1. The quantitative estimate of drug-likeness (QED) is 0.874. The number of nitrogens with zero attached hydrogens (tertiary/aromatic N) is 1. The van der Waals surface area contributed by atoms with Crippen molar-refractivity contribution in [3.8, 4) is 0 Å². The molecule has 7 heteroatoms. The third kappa shape index (κ3) is 3.37. The highest BCUT2D eigenvalue weighted by atomic mass is 32.2. The molecule has 2 aromatic heterocycles. The summed E-state index contributed by atoms with van der Waals surface area (Å²) in [6.07, 6.45) is 0. The first-order chi connectivity index (χ1) is 9.87. The molecule has 0 bridgehead atoms. The van der Waals surface area contributed by atoms with Gasteiger partial charge in [0.1, 0.15) is 4.90 Å². The Morgan fingerprint density at radius 1 is 1.33 bits per heavy atom. The molecule has 0 spiro atoms. The summed E-state index contributed by atoms with van der Waals surface area (Å²) >= 11 is 2.83. The molecule has 0 amide bonds. The molecule has 0 fully saturated rings. The molecule has 1 N–H and O–H groups in total. The Morgan fingerprint density at radius 2 is 2.05 bits per heavy atom. The molecule has 0 aliphatic heterocycles. The first kappa shape index (κ1) is 16.6. The maximum absolute atomic E-state index is 13.0. The van der Waals surface area contributed by atoms with Crippen LogP contribution in [-0.4, -0.2) is 23.9 Å². The van der Waals surface area contributed by atoms with E-state index in [0.717, 1.165) is 4.88 Å². The maximum atomic E-state index is 13.0. The van der Waals surface area contributed by atoms with Crippen LogP contribution < -0.4 is 0 Å². The topological polar surface area (TPSA) is 57.6 Å². The molecule has 0 aliphatic carbocycles. The highest BCUT2D eigenvalue weighted by molar-refractivity contribution is 7.89. The zero-order valence-electron chi connectivity index (χ0n) is 12.2. The summed E-state index contributed by atoms with van der Waals surface area (Å²) < 4.78 is 27.5. The van der Waals surface area contributed by atoms with Gasteiger partial charge < -0.3 is 5.11 Å². The molecule has 0 unspecified atom stereocenters. The second-order valence-corrected chi connectivity index (χ2v) is 8.88. The zero-order valence-corrected chi connectivity index (χ0v) is 14.7. The Balaban J connectivity index is 2.45. The van der Waals surface area contributed by atoms with Gasteiger partial charge in [0.2, 0.25) is 10.0 Å². The summed E-state index contributed by atoms with van der Waals surface area (Å²) in [5.74, 6) is 0. The summed E-state index contributed by atoms with van der Waals surface area (Å²) in [6, 6.07) is 3.70. The second kappa shape index (κ2) is 6.58. The standard InChI is InChI=1S/C14H19NO3S3/c1-10(2)15(7-12-5-4-6-19-12)21(17,18)14-11(3)9-20-13(14)8-16/h4-6,9-10,16H,7-8H2,1-3H3. The van der Waals surface area contributed by atoms with E-state index in [4.69, 9.17) is 0 Å². The van der Waals surface area contributed by atoms with Crippen LogP contribution in [0.3, 0.4) is 0 Å². The molecule has 4 nitrogen and oxygen atoms in total. The van der Waals surface area contributed by atoms with Gasteiger partial charge in [0.15, 0.2) is 0 Å². The summed E-state index contributed by atoms with van der Waals surface area (Å²) in [5.41, 5.74) is 0.695. The smallest absolute Gasteiger partial charge is 0.245 e. The lowest BCUT2D eigenvalue weighted by molar-refractivity contribution is 0.281. The number of hydrogen-bond donors (Lipinski definition) is 1. The van der Waals surface area contributed by atoms with Gasteiger partial charge in [-0.15, -0.1) is 22.7 Å². The van der Waals surface area contributed by atoms with Gasteiger partial charge in [0.05, 0.1) is 11.5 Å². The fraction of sp³-hybridized carbons (Fsp3) is 0.429. The average Bonchev–Trinajstić information content (AvgIpc) is 3.04. The highest BCUT2D eigenvalue weighted by Crippen LogP contribution is 2.31. The molecule has 2 rings (SSSR count). The Bertz CT molecular complexity index is 687. The number of aliphatic hydroxyl groups excluding tert-OH is 1. The summed E-state index contributed by atoms with van der Waals surface area (Å²) in [4.78, 5) is 1.77. The fourth-order valence-corrected chi connectivity index (χ4v) is 6.18. The first-order valence-electron chi connectivity index (χ1n) is 6.60. The van der Waals surface area contributed by atoms with Crippen LogP contribution in [0.25, 0.3) is 0 Å².